The number of amides is 4. The van der Waals surface area contributed by atoms with Gasteiger partial charge in [-0.05, 0) is 61.1 Å². The number of hydrogen-bond donors (Lipinski definition) is 3. The summed E-state index contributed by atoms with van der Waals surface area (Å²) in [5.41, 5.74) is 1.17. The van der Waals surface area contributed by atoms with E-state index in [2.05, 4.69) is 15.6 Å². The van der Waals surface area contributed by atoms with Crippen molar-refractivity contribution < 1.29 is 36.8 Å². The molecule has 3 aromatic rings. The average Bonchev–Trinajstić information content (AvgIpc) is 3.64. The molecule has 2 aromatic carbocycles. The molecule has 3 N–H and O–H groups in total. The van der Waals surface area contributed by atoms with E-state index < -0.39 is 57.6 Å². The molecule has 14 heteroatoms. The highest BCUT2D eigenvalue weighted by molar-refractivity contribution is 7.89. The van der Waals surface area contributed by atoms with Crippen LogP contribution in [0, 0.1) is 11.8 Å². The Hall–Kier alpha value is -4.59. The number of nitrogens with one attached hydrogen (secondary N) is 3. The van der Waals surface area contributed by atoms with E-state index >= 15 is 0 Å². The molecule has 0 saturated carbocycles. The van der Waals surface area contributed by atoms with Crippen LogP contribution < -0.4 is 15.4 Å². The highest BCUT2D eigenvalue weighted by atomic mass is 32.2. The summed E-state index contributed by atoms with van der Waals surface area (Å²) in [4.78, 5) is 71.5. The predicted octanol–water partition coefficient (Wildman–Crippen LogP) is 2.29. The minimum Gasteiger partial charge on any atom is -0.434 e. The van der Waals surface area contributed by atoms with Crippen molar-refractivity contribution in [3.63, 3.8) is 0 Å². The number of aromatic nitrogens is 1. The zero-order chi connectivity index (χ0) is 33.1. The lowest BCUT2D eigenvalue weighted by molar-refractivity contribution is -0.140. The lowest BCUT2D eigenvalue weighted by atomic mass is 9.98. The largest absolute Gasteiger partial charge is 0.434 e. The Kier molecular flexibility index (Phi) is 10.1. The molecule has 1 saturated heterocycles. The quantitative estimate of drug-likeness (QED) is 0.265. The fourth-order valence-electron chi connectivity index (χ4n) is 5.12. The summed E-state index contributed by atoms with van der Waals surface area (Å²) in [6.45, 7) is 7.41. The lowest BCUT2D eigenvalue weighted by Crippen LogP contribution is -2.57. The molecule has 4 amide bonds. The van der Waals surface area contributed by atoms with Crippen LogP contribution in [0.5, 0.6) is 0 Å². The van der Waals surface area contributed by atoms with Gasteiger partial charge in [0, 0.05) is 17.7 Å². The first-order valence-corrected chi connectivity index (χ1v) is 16.5. The molecule has 0 unspecified atom stereocenters. The molecular formula is C31H37N5O8S. The van der Waals surface area contributed by atoms with E-state index in [1.54, 1.807) is 52.0 Å². The molecule has 240 valence electrons. The smallest absolute Gasteiger partial charge is 0.266 e. The van der Waals surface area contributed by atoms with Crippen molar-refractivity contribution in [3.05, 3.63) is 65.5 Å². The van der Waals surface area contributed by atoms with Gasteiger partial charge in [-0.2, -0.15) is 0 Å². The SMILES string of the molecule is CC(C)[C@H](NC(=O)[C@@H]1CCCN1C(=O)[C@@H](NC(=O)c1ccc(C(=O)NS(C)(=O)=O)cc1)C(C)C)C(=O)c1nc2ccccc2o1. The van der Waals surface area contributed by atoms with Crippen LogP contribution in [-0.2, 0) is 19.6 Å². The van der Waals surface area contributed by atoms with Gasteiger partial charge in [0.05, 0.1) is 12.3 Å². The number of carbonyl (C=O) groups is 5. The van der Waals surface area contributed by atoms with E-state index in [4.69, 9.17) is 4.42 Å². The molecule has 1 aromatic heterocycles. The van der Waals surface area contributed by atoms with Crippen LogP contribution in [0.25, 0.3) is 11.1 Å². The van der Waals surface area contributed by atoms with Crippen LogP contribution in [-0.4, -0.2) is 78.6 Å². The normalized spacial score (nSPS) is 16.4. The molecular weight excluding hydrogens is 602 g/mol. The van der Waals surface area contributed by atoms with Gasteiger partial charge in [0.1, 0.15) is 17.6 Å². The number of likely N-dealkylation sites (tertiary alicyclic amines) is 1. The van der Waals surface area contributed by atoms with Crippen molar-refractivity contribution in [1.82, 2.24) is 25.2 Å². The second kappa shape index (κ2) is 13.6. The molecule has 2 heterocycles. The third-order valence-electron chi connectivity index (χ3n) is 7.50. The van der Waals surface area contributed by atoms with Gasteiger partial charge in [-0.25, -0.2) is 18.1 Å². The topological polar surface area (TPSA) is 185 Å². The third kappa shape index (κ3) is 7.93. The number of carbonyl (C=O) groups excluding carboxylic acids is 5. The fraction of sp³-hybridized carbons (Fsp3) is 0.419. The summed E-state index contributed by atoms with van der Waals surface area (Å²) in [6, 6.07) is 9.51. The van der Waals surface area contributed by atoms with Crippen molar-refractivity contribution in [2.24, 2.45) is 11.8 Å². The van der Waals surface area contributed by atoms with Gasteiger partial charge in [-0.1, -0.05) is 39.8 Å². The molecule has 1 aliphatic heterocycles. The maximum absolute atomic E-state index is 13.7. The summed E-state index contributed by atoms with van der Waals surface area (Å²) in [6.07, 6.45) is 1.80. The molecule has 1 aliphatic rings. The van der Waals surface area contributed by atoms with E-state index in [0.717, 1.165) is 6.26 Å². The molecule has 13 nitrogen and oxygen atoms in total. The summed E-state index contributed by atoms with van der Waals surface area (Å²) < 4.78 is 30.2. The summed E-state index contributed by atoms with van der Waals surface area (Å²) >= 11 is 0. The number of oxazole rings is 1. The van der Waals surface area contributed by atoms with Gasteiger partial charge in [0.25, 0.3) is 17.7 Å². The highest BCUT2D eigenvalue weighted by Gasteiger charge is 2.40. The molecule has 4 rings (SSSR count). The Balaban J connectivity index is 1.45. The standard InChI is InChI=1S/C31H37N5O8S/c1-17(2)24(26(37)30-32-21-9-6-7-11-23(21)44-30)33-29(40)22-10-8-16-36(22)31(41)25(18(3)4)34-27(38)19-12-14-20(15-13-19)28(39)35-45(5,42)43/h6-7,9,11-15,17-18,22,24-25H,8,10,16H2,1-5H3,(H,33,40)(H,34,38)(H,35,39)/t22-,24-,25-/m0/s1. The Morgan fingerprint density at radius 1 is 0.867 bits per heavy atom. The first-order chi connectivity index (χ1) is 21.2. The second-order valence-electron chi connectivity index (χ2n) is 11.7. The molecule has 0 radical (unpaired) electrons. The van der Waals surface area contributed by atoms with Gasteiger partial charge in [0.15, 0.2) is 5.58 Å². The van der Waals surface area contributed by atoms with E-state index in [1.165, 1.54) is 29.2 Å². The minimum atomic E-state index is -3.76. The average molecular weight is 640 g/mol. The summed E-state index contributed by atoms with van der Waals surface area (Å²) in [5.74, 6) is -3.57. The Bertz CT molecular complexity index is 1680. The van der Waals surface area contributed by atoms with Crippen molar-refractivity contribution in [1.29, 1.82) is 0 Å². The van der Waals surface area contributed by atoms with E-state index in [-0.39, 0.29) is 28.9 Å². The zero-order valence-electron chi connectivity index (χ0n) is 25.7. The van der Waals surface area contributed by atoms with Crippen molar-refractivity contribution >= 4 is 50.5 Å². The van der Waals surface area contributed by atoms with Crippen LogP contribution in [0.1, 0.15) is 71.9 Å². The third-order valence-corrected chi connectivity index (χ3v) is 8.05. The predicted molar refractivity (Wildman–Crippen MR) is 165 cm³/mol. The Morgan fingerprint density at radius 2 is 1.47 bits per heavy atom. The minimum absolute atomic E-state index is 0.0358. The fourth-order valence-corrected chi connectivity index (χ4v) is 5.57. The van der Waals surface area contributed by atoms with E-state index in [1.807, 2.05) is 4.72 Å². The summed E-state index contributed by atoms with van der Waals surface area (Å²) in [7, 11) is -3.76. The van der Waals surface area contributed by atoms with Crippen LogP contribution in [0.3, 0.4) is 0 Å². The van der Waals surface area contributed by atoms with Crippen LogP contribution in [0.15, 0.2) is 52.9 Å². The van der Waals surface area contributed by atoms with Gasteiger partial charge < -0.3 is 20.0 Å². The maximum atomic E-state index is 13.7. The number of hydrogen-bond acceptors (Lipinski definition) is 9. The molecule has 3 atom stereocenters. The number of Topliss-reactive ketones (excluding diaryl/α,β-unsaturated/α-hetero) is 1. The number of benzene rings is 2. The maximum Gasteiger partial charge on any atom is 0.266 e. The number of rotatable bonds is 11. The number of nitrogens with zero attached hydrogens (tertiary/aromatic N) is 2. The van der Waals surface area contributed by atoms with E-state index in [9.17, 15) is 32.4 Å². The van der Waals surface area contributed by atoms with Crippen LogP contribution >= 0.6 is 0 Å². The van der Waals surface area contributed by atoms with Gasteiger partial charge in [-0.15, -0.1) is 0 Å². The number of fused-ring (bicyclic) bond motifs is 1. The highest BCUT2D eigenvalue weighted by Crippen LogP contribution is 2.23. The second-order valence-corrected chi connectivity index (χ2v) is 13.5. The molecule has 0 bridgehead atoms. The van der Waals surface area contributed by atoms with Crippen LogP contribution in [0.4, 0.5) is 0 Å². The van der Waals surface area contributed by atoms with Gasteiger partial charge in [-0.3, -0.25) is 24.0 Å². The molecule has 45 heavy (non-hydrogen) atoms. The van der Waals surface area contributed by atoms with Crippen LogP contribution in [0.2, 0.25) is 0 Å². The molecule has 0 spiro atoms. The van der Waals surface area contributed by atoms with Crippen molar-refractivity contribution in [3.8, 4) is 0 Å². The molecule has 0 aliphatic carbocycles. The van der Waals surface area contributed by atoms with E-state index in [0.29, 0.717) is 30.5 Å². The first-order valence-electron chi connectivity index (χ1n) is 14.6. The van der Waals surface area contributed by atoms with Gasteiger partial charge in [0.2, 0.25) is 27.6 Å². The number of para-hydroxylation sites is 2. The monoisotopic (exact) mass is 639 g/mol. The first kappa shape index (κ1) is 33.3. The Morgan fingerprint density at radius 3 is 2.04 bits per heavy atom. The molecule has 1 fully saturated rings. The van der Waals surface area contributed by atoms with Crippen molar-refractivity contribution in [2.45, 2.75) is 58.7 Å². The number of ketones is 1. The summed E-state index contributed by atoms with van der Waals surface area (Å²) in [5, 5.41) is 5.54. The number of sulfonamides is 1. The van der Waals surface area contributed by atoms with Crippen molar-refractivity contribution in [2.75, 3.05) is 12.8 Å². The lowest BCUT2D eigenvalue weighted by Gasteiger charge is -2.31. The Labute approximate surface area is 261 Å². The zero-order valence-corrected chi connectivity index (χ0v) is 26.5. The van der Waals surface area contributed by atoms with Gasteiger partial charge >= 0.3 is 0 Å².